The first-order chi connectivity index (χ1) is 6.32. The third kappa shape index (κ3) is 2.39. The van der Waals surface area contributed by atoms with Crippen molar-refractivity contribution in [2.75, 3.05) is 0 Å². The minimum absolute atomic E-state index is 0.0847. The van der Waals surface area contributed by atoms with Crippen LogP contribution in [-0.4, -0.2) is 5.11 Å². The molecule has 0 heterocycles. The molecular weight excluding hydrogens is 217 g/mol. The molecule has 0 fully saturated rings. The van der Waals surface area contributed by atoms with Crippen LogP contribution in [0.15, 0.2) is 18.2 Å². The lowest BCUT2D eigenvalue weighted by atomic mass is 10.1. The monoisotopic (exact) mass is 224 g/mol. The average molecular weight is 225 g/mol. The summed E-state index contributed by atoms with van der Waals surface area (Å²) in [5.74, 6) is 0. The molecule has 14 heavy (non-hydrogen) atoms. The Morgan fingerprint density at radius 2 is 1.93 bits per heavy atom. The maximum atomic E-state index is 12.2. The van der Waals surface area contributed by atoms with E-state index in [-0.39, 0.29) is 10.6 Å². The summed E-state index contributed by atoms with van der Waals surface area (Å²) in [4.78, 5) is 0. The molecule has 5 heteroatoms. The minimum Gasteiger partial charge on any atom is -0.389 e. The summed E-state index contributed by atoms with van der Waals surface area (Å²) in [6, 6.07) is 2.87. The van der Waals surface area contributed by atoms with Gasteiger partial charge in [-0.05, 0) is 30.7 Å². The Balaban J connectivity index is 3.20. The van der Waals surface area contributed by atoms with E-state index < -0.39 is 17.8 Å². The van der Waals surface area contributed by atoms with Crippen LogP contribution in [0.4, 0.5) is 13.2 Å². The van der Waals surface area contributed by atoms with E-state index in [1.54, 1.807) is 0 Å². The van der Waals surface area contributed by atoms with Crippen molar-refractivity contribution in [2.45, 2.75) is 19.2 Å². The molecule has 0 aliphatic heterocycles. The summed E-state index contributed by atoms with van der Waals surface area (Å²) in [7, 11) is 0. The summed E-state index contributed by atoms with van der Waals surface area (Å²) >= 11 is 5.61. The molecule has 1 rings (SSSR count). The maximum Gasteiger partial charge on any atom is 0.416 e. The molecule has 0 aliphatic carbocycles. The highest BCUT2D eigenvalue weighted by Crippen LogP contribution is 2.33. The molecule has 1 aromatic carbocycles. The summed E-state index contributed by atoms with van der Waals surface area (Å²) in [6.07, 6.45) is -5.42. The van der Waals surface area contributed by atoms with Crippen molar-refractivity contribution in [3.8, 4) is 0 Å². The van der Waals surface area contributed by atoms with Crippen LogP contribution in [0.2, 0.25) is 5.02 Å². The lowest BCUT2D eigenvalue weighted by Gasteiger charge is -2.11. The molecule has 0 saturated heterocycles. The standard InChI is InChI=1S/C9H8ClF3O/c1-5(14)7-4-6(9(11,12)13)2-3-8(7)10/h2-5,14H,1H3/t5-/m0/s1. The fraction of sp³-hybridized carbons (Fsp3) is 0.333. The van der Waals surface area contributed by atoms with Crippen molar-refractivity contribution >= 4 is 11.6 Å². The summed E-state index contributed by atoms with van der Waals surface area (Å²) in [6.45, 7) is 1.36. The number of rotatable bonds is 1. The van der Waals surface area contributed by atoms with Crippen molar-refractivity contribution in [3.05, 3.63) is 34.3 Å². The smallest absolute Gasteiger partial charge is 0.389 e. The van der Waals surface area contributed by atoms with Crippen molar-refractivity contribution < 1.29 is 18.3 Å². The molecule has 1 atom stereocenters. The number of benzene rings is 1. The lowest BCUT2D eigenvalue weighted by Crippen LogP contribution is -2.06. The predicted molar refractivity (Wildman–Crippen MR) is 47.1 cm³/mol. The van der Waals surface area contributed by atoms with Gasteiger partial charge in [-0.2, -0.15) is 13.2 Å². The van der Waals surface area contributed by atoms with Gasteiger partial charge in [0.1, 0.15) is 0 Å². The van der Waals surface area contributed by atoms with Gasteiger partial charge in [0.25, 0.3) is 0 Å². The van der Waals surface area contributed by atoms with Crippen molar-refractivity contribution in [2.24, 2.45) is 0 Å². The first kappa shape index (κ1) is 11.3. The SMILES string of the molecule is C[C@H](O)c1cc(C(F)(F)F)ccc1Cl. The first-order valence-electron chi connectivity index (χ1n) is 3.87. The van der Waals surface area contributed by atoms with Crippen LogP contribution in [0, 0.1) is 0 Å². The van der Waals surface area contributed by atoms with Crippen molar-refractivity contribution in [1.29, 1.82) is 0 Å². The molecule has 0 aliphatic rings. The van der Waals surface area contributed by atoms with E-state index in [1.165, 1.54) is 6.92 Å². The number of hydrogen-bond donors (Lipinski definition) is 1. The number of halogens is 4. The second-order valence-electron chi connectivity index (χ2n) is 2.91. The molecule has 1 nitrogen and oxygen atoms in total. The quantitative estimate of drug-likeness (QED) is 0.775. The van der Waals surface area contributed by atoms with Crippen LogP contribution in [0.25, 0.3) is 0 Å². The molecule has 0 amide bonds. The number of hydrogen-bond acceptors (Lipinski definition) is 1. The number of aliphatic hydroxyl groups is 1. The van der Waals surface area contributed by atoms with E-state index >= 15 is 0 Å². The van der Waals surface area contributed by atoms with Crippen LogP contribution in [-0.2, 0) is 6.18 Å². The number of alkyl halides is 3. The summed E-state index contributed by atoms with van der Waals surface area (Å²) < 4.78 is 36.7. The zero-order valence-electron chi connectivity index (χ0n) is 7.27. The minimum atomic E-state index is -4.41. The average Bonchev–Trinajstić information content (AvgIpc) is 2.02. The largest absolute Gasteiger partial charge is 0.416 e. The molecule has 1 N–H and O–H groups in total. The van der Waals surface area contributed by atoms with Crippen LogP contribution < -0.4 is 0 Å². The van der Waals surface area contributed by atoms with Crippen LogP contribution >= 0.6 is 11.6 Å². The Hall–Kier alpha value is -0.740. The Bertz CT molecular complexity index is 333. The van der Waals surface area contributed by atoms with Crippen LogP contribution in [0.3, 0.4) is 0 Å². The fourth-order valence-electron chi connectivity index (χ4n) is 1.04. The lowest BCUT2D eigenvalue weighted by molar-refractivity contribution is -0.137. The van der Waals surface area contributed by atoms with Gasteiger partial charge in [0.2, 0.25) is 0 Å². The Labute approximate surface area is 84.1 Å². The van der Waals surface area contributed by atoms with Gasteiger partial charge < -0.3 is 5.11 Å². The Kier molecular flexibility index (Phi) is 3.07. The number of aliphatic hydroxyl groups excluding tert-OH is 1. The van der Waals surface area contributed by atoms with Gasteiger partial charge in [0.15, 0.2) is 0 Å². The molecule has 1 aromatic rings. The molecular formula is C9H8ClF3O. The van der Waals surface area contributed by atoms with Gasteiger partial charge >= 0.3 is 6.18 Å². The third-order valence-corrected chi connectivity index (χ3v) is 2.12. The van der Waals surface area contributed by atoms with Crippen LogP contribution in [0.1, 0.15) is 24.2 Å². The second kappa shape index (κ2) is 3.79. The van der Waals surface area contributed by atoms with Gasteiger partial charge in [-0.15, -0.1) is 0 Å². The van der Waals surface area contributed by atoms with E-state index in [4.69, 9.17) is 16.7 Å². The second-order valence-corrected chi connectivity index (χ2v) is 3.32. The molecule has 0 aromatic heterocycles. The Morgan fingerprint density at radius 1 is 1.36 bits per heavy atom. The van der Waals surface area contributed by atoms with Gasteiger partial charge in [-0.3, -0.25) is 0 Å². The Morgan fingerprint density at radius 3 is 2.36 bits per heavy atom. The zero-order valence-corrected chi connectivity index (χ0v) is 8.02. The van der Waals surface area contributed by atoms with E-state index in [2.05, 4.69) is 0 Å². The first-order valence-corrected chi connectivity index (χ1v) is 4.25. The van der Waals surface area contributed by atoms with Crippen molar-refractivity contribution in [1.82, 2.24) is 0 Å². The molecule has 0 saturated carbocycles. The highest BCUT2D eigenvalue weighted by atomic mass is 35.5. The molecule has 78 valence electrons. The van der Waals surface area contributed by atoms with Gasteiger partial charge in [0.05, 0.1) is 11.7 Å². The fourth-order valence-corrected chi connectivity index (χ4v) is 1.32. The molecule has 0 spiro atoms. The zero-order chi connectivity index (χ0) is 10.9. The third-order valence-electron chi connectivity index (χ3n) is 1.77. The molecule has 0 unspecified atom stereocenters. The highest BCUT2D eigenvalue weighted by Gasteiger charge is 2.31. The van der Waals surface area contributed by atoms with Crippen molar-refractivity contribution in [3.63, 3.8) is 0 Å². The maximum absolute atomic E-state index is 12.2. The normalized spacial score (nSPS) is 14.1. The predicted octanol–water partition coefficient (Wildman–Crippen LogP) is 3.41. The molecule has 0 radical (unpaired) electrons. The van der Waals surface area contributed by atoms with Gasteiger partial charge in [0, 0.05) is 5.02 Å². The van der Waals surface area contributed by atoms with Crippen LogP contribution in [0.5, 0.6) is 0 Å². The van der Waals surface area contributed by atoms with Gasteiger partial charge in [-0.1, -0.05) is 11.6 Å². The highest BCUT2D eigenvalue weighted by molar-refractivity contribution is 6.31. The summed E-state index contributed by atoms with van der Waals surface area (Å²) in [5, 5.41) is 9.28. The van der Waals surface area contributed by atoms with E-state index in [9.17, 15) is 13.2 Å². The van der Waals surface area contributed by atoms with E-state index in [1.807, 2.05) is 0 Å². The van der Waals surface area contributed by atoms with Gasteiger partial charge in [-0.25, -0.2) is 0 Å². The van der Waals surface area contributed by atoms with E-state index in [0.717, 1.165) is 18.2 Å². The topological polar surface area (TPSA) is 20.2 Å². The molecule has 0 bridgehead atoms. The van der Waals surface area contributed by atoms with E-state index in [0.29, 0.717) is 0 Å². The summed E-state index contributed by atoms with van der Waals surface area (Å²) in [5.41, 5.74) is -0.723.